The number of unbranched alkanes of at least 4 members (excludes halogenated alkanes) is 1. The molecule has 8 nitrogen and oxygen atoms in total. The molecule has 0 bridgehead atoms. The number of primary amides is 1. The summed E-state index contributed by atoms with van der Waals surface area (Å²) in [6.45, 7) is 4.25. The van der Waals surface area contributed by atoms with Crippen LogP contribution in [-0.4, -0.2) is 25.0 Å². The van der Waals surface area contributed by atoms with Crippen molar-refractivity contribution in [2.45, 2.75) is 58.5 Å². The first-order valence-electron chi connectivity index (χ1n) is 8.05. The SMILES string of the molecule is CCCCn1c(=O)n(C(C)CCCC(N)=O)c(=O)c2[nH]c(Cl)nc21. The molecule has 0 aliphatic carbocycles. The summed E-state index contributed by atoms with van der Waals surface area (Å²) in [4.78, 5) is 43.1. The highest BCUT2D eigenvalue weighted by Gasteiger charge is 2.20. The number of nitrogens with one attached hydrogen (secondary N) is 1. The predicted molar refractivity (Wildman–Crippen MR) is 92.3 cm³/mol. The summed E-state index contributed by atoms with van der Waals surface area (Å²) >= 11 is 5.88. The molecular formula is C15H22ClN5O3. The Kier molecular flexibility index (Phi) is 5.82. The molecule has 0 radical (unpaired) electrons. The third kappa shape index (κ3) is 3.69. The number of carbonyl (C=O) groups is 1. The summed E-state index contributed by atoms with van der Waals surface area (Å²) in [5.74, 6) is -0.397. The molecule has 1 unspecified atom stereocenters. The van der Waals surface area contributed by atoms with Crippen LogP contribution in [0.1, 0.15) is 52.0 Å². The van der Waals surface area contributed by atoms with Crippen molar-refractivity contribution in [3.05, 3.63) is 26.1 Å². The van der Waals surface area contributed by atoms with E-state index in [4.69, 9.17) is 17.3 Å². The van der Waals surface area contributed by atoms with E-state index in [-0.39, 0.29) is 28.9 Å². The van der Waals surface area contributed by atoms with E-state index in [1.165, 1.54) is 9.13 Å². The number of hydrogen-bond acceptors (Lipinski definition) is 4. The average Bonchev–Trinajstić information content (AvgIpc) is 2.89. The van der Waals surface area contributed by atoms with E-state index in [2.05, 4.69) is 9.97 Å². The van der Waals surface area contributed by atoms with Crippen molar-refractivity contribution < 1.29 is 4.79 Å². The zero-order valence-electron chi connectivity index (χ0n) is 13.8. The molecule has 2 aromatic rings. The predicted octanol–water partition coefficient (Wildman–Crippen LogP) is 1.56. The summed E-state index contributed by atoms with van der Waals surface area (Å²) in [5.41, 5.74) is 4.78. The van der Waals surface area contributed by atoms with Gasteiger partial charge in [-0.05, 0) is 37.8 Å². The van der Waals surface area contributed by atoms with Crippen LogP contribution >= 0.6 is 11.6 Å². The fraction of sp³-hybridized carbons (Fsp3) is 0.600. The molecule has 0 saturated carbocycles. The number of nitrogens with two attached hydrogens (primary N) is 1. The fourth-order valence-corrected chi connectivity index (χ4v) is 2.89. The third-order valence-electron chi connectivity index (χ3n) is 4.00. The number of imidazole rings is 1. The van der Waals surface area contributed by atoms with Crippen molar-refractivity contribution in [1.82, 2.24) is 19.1 Å². The number of halogens is 1. The minimum Gasteiger partial charge on any atom is -0.370 e. The second-order valence-electron chi connectivity index (χ2n) is 5.90. The summed E-state index contributed by atoms with van der Waals surface area (Å²) in [6, 6.07) is -0.358. The van der Waals surface area contributed by atoms with Gasteiger partial charge in [-0.15, -0.1) is 0 Å². The Hall–Kier alpha value is -2.09. The molecule has 2 heterocycles. The maximum atomic E-state index is 12.8. The van der Waals surface area contributed by atoms with E-state index in [9.17, 15) is 14.4 Å². The highest BCUT2D eigenvalue weighted by atomic mass is 35.5. The molecule has 2 aromatic heterocycles. The monoisotopic (exact) mass is 355 g/mol. The van der Waals surface area contributed by atoms with Gasteiger partial charge in [0.05, 0.1) is 0 Å². The minimum absolute atomic E-state index is 0.0749. The maximum Gasteiger partial charge on any atom is 0.332 e. The van der Waals surface area contributed by atoms with Crippen LogP contribution in [0.5, 0.6) is 0 Å². The lowest BCUT2D eigenvalue weighted by molar-refractivity contribution is -0.118. The number of H-pyrrole nitrogens is 1. The molecule has 9 heteroatoms. The summed E-state index contributed by atoms with van der Waals surface area (Å²) in [6.07, 6.45) is 2.92. The van der Waals surface area contributed by atoms with Crippen LogP contribution in [-0.2, 0) is 11.3 Å². The topological polar surface area (TPSA) is 116 Å². The van der Waals surface area contributed by atoms with Crippen LogP contribution < -0.4 is 17.0 Å². The zero-order chi connectivity index (χ0) is 17.9. The Bertz CT molecular complexity index is 851. The summed E-state index contributed by atoms with van der Waals surface area (Å²) in [7, 11) is 0. The molecule has 24 heavy (non-hydrogen) atoms. The molecular weight excluding hydrogens is 334 g/mol. The largest absolute Gasteiger partial charge is 0.370 e. The van der Waals surface area contributed by atoms with Crippen LogP contribution in [0, 0.1) is 0 Å². The Morgan fingerprint density at radius 1 is 1.38 bits per heavy atom. The van der Waals surface area contributed by atoms with Gasteiger partial charge in [-0.2, -0.15) is 4.98 Å². The normalized spacial score (nSPS) is 12.6. The number of fused-ring (bicyclic) bond motifs is 1. The van der Waals surface area contributed by atoms with Crippen molar-refractivity contribution in [3.8, 4) is 0 Å². The second-order valence-corrected chi connectivity index (χ2v) is 6.25. The minimum atomic E-state index is -0.450. The van der Waals surface area contributed by atoms with Crippen molar-refractivity contribution in [3.63, 3.8) is 0 Å². The van der Waals surface area contributed by atoms with Crippen molar-refractivity contribution >= 4 is 28.7 Å². The first kappa shape index (κ1) is 18.3. The van der Waals surface area contributed by atoms with E-state index in [1.807, 2.05) is 6.92 Å². The lowest BCUT2D eigenvalue weighted by atomic mass is 10.1. The number of amides is 1. The molecule has 0 saturated heterocycles. The van der Waals surface area contributed by atoms with Crippen molar-refractivity contribution in [1.29, 1.82) is 0 Å². The molecule has 0 aliphatic heterocycles. The number of aryl methyl sites for hydroxylation is 1. The van der Waals surface area contributed by atoms with Gasteiger partial charge in [0.25, 0.3) is 5.56 Å². The Morgan fingerprint density at radius 3 is 2.71 bits per heavy atom. The van der Waals surface area contributed by atoms with E-state index in [1.54, 1.807) is 6.92 Å². The number of rotatable bonds is 8. The van der Waals surface area contributed by atoms with E-state index in [0.717, 1.165) is 12.8 Å². The fourth-order valence-electron chi connectivity index (χ4n) is 2.72. The molecule has 1 atom stereocenters. The summed E-state index contributed by atoms with van der Waals surface area (Å²) in [5, 5.41) is 0.0749. The van der Waals surface area contributed by atoms with Gasteiger partial charge in [0.1, 0.15) is 0 Å². The lowest BCUT2D eigenvalue weighted by Gasteiger charge is -2.16. The third-order valence-corrected chi connectivity index (χ3v) is 4.18. The number of hydrogen-bond donors (Lipinski definition) is 2. The summed E-state index contributed by atoms with van der Waals surface area (Å²) < 4.78 is 2.68. The van der Waals surface area contributed by atoms with Gasteiger partial charge in [-0.3, -0.25) is 18.7 Å². The van der Waals surface area contributed by atoms with Gasteiger partial charge in [0.2, 0.25) is 11.2 Å². The van der Waals surface area contributed by atoms with Gasteiger partial charge in [0.15, 0.2) is 11.2 Å². The van der Waals surface area contributed by atoms with Crippen LogP contribution in [0.25, 0.3) is 11.2 Å². The van der Waals surface area contributed by atoms with Crippen LogP contribution in [0.2, 0.25) is 5.28 Å². The van der Waals surface area contributed by atoms with Crippen LogP contribution in [0.15, 0.2) is 9.59 Å². The zero-order valence-corrected chi connectivity index (χ0v) is 14.6. The van der Waals surface area contributed by atoms with Gasteiger partial charge >= 0.3 is 5.69 Å². The van der Waals surface area contributed by atoms with Gasteiger partial charge < -0.3 is 10.7 Å². The van der Waals surface area contributed by atoms with Gasteiger partial charge in [0, 0.05) is 19.0 Å². The molecule has 0 fully saturated rings. The first-order valence-corrected chi connectivity index (χ1v) is 8.43. The first-order chi connectivity index (χ1) is 11.4. The molecule has 2 rings (SSSR count). The van der Waals surface area contributed by atoms with E-state index < -0.39 is 17.2 Å². The molecule has 132 valence electrons. The standard InChI is InChI=1S/C15H22ClN5O3/c1-3-4-8-20-12-11(18-14(16)19-12)13(23)21(15(20)24)9(2)6-5-7-10(17)22/h9H,3-8H2,1-2H3,(H2,17,22)(H,18,19). The Morgan fingerprint density at radius 2 is 2.08 bits per heavy atom. The second kappa shape index (κ2) is 7.65. The van der Waals surface area contributed by atoms with E-state index >= 15 is 0 Å². The Balaban J connectivity index is 2.50. The van der Waals surface area contributed by atoms with Crippen molar-refractivity contribution in [2.75, 3.05) is 0 Å². The molecule has 0 aliphatic rings. The van der Waals surface area contributed by atoms with Gasteiger partial charge in [-0.25, -0.2) is 4.79 Å². The maximum absolute atomic E-state index is 12.8. The highest BCUT2D eigenvalue weighted by molar-refractivity contribution is 6.28. The van der Waals surface area contributed by atoms with E-state index in [0.29, 0.717) is 19.4 Å². The number of aromatic nitrogens is 4. The lowest BCUT2D eigenvalue weighted by Crippen LogP contribution is -2.42. The average molecular weight is 356 g/mol. The molecule has 1 amide bonds. The van der Waals surface area contributed by atoms with Gasteiger partial charge in [-0.1, -0.05) is 13.3 Å². The van der Waals surface area contributed by atoms with Crippen LogP contribution in [0.4, 0.5) is 0 Å². The van der Waals surface area contributed by atoms with Crippen molar-refractivity contribution in [2.24, 2.45) is 5.73 Å². The number of aromatic amines is 1. The Labute approximate surface area is 143 Å². The number of carbonyl (C=O) groups excluding carboxylic acids is 1. The highest BCUT2D eigenvalue weighted by Crippen LogP contribution is 2.14. The number of nitrogens with zero attached hydrogens (tertiary/aromatic N) is 3. The molecule has 0 aromatic carbocycles. The molecule has 0 spiro atoms. The quantitative estimate of drug-likeness (QED) is 0.699. The van der Waals surface area contributed by atoms with Crippen LogP contribution in [0.3, 0.4) is 0 Å². The smallest absolute Gasteiger partial charge is 0.332 e. The molecule has 3 N–H and O–H groups in total.